The second-order valence-corrected chi connectivity index (χ2v) is 8.40. The zero-order chi connectivity index (χ0) is 18.9. The van der Waals surface area contributed by atoms with Crippen molar-refractivity contribution < 1.29 is 9.63 Å². The Bertz CT molecular complexity index is 799. The van der Waals surface area contributed by atoms with Gasteiger partial charge in [-0.25, -0.2) is 9.97 Å². The van der Waals surface area contributed by atoms with Crippen LogP contribution in [0.4, 0.5) is 11.6 Å². The van der Waals surface area contributed by atoms with Gasteiger partial charge in [-0.05, 0) is 44.4 Å². The highest BCUT2D eigenvalue weighted by Crippen LogP contribution is 2.40. The van der Waals surface area contributed by atoms with E-state index in [4.69, 9.17) is 4.52 Å². The van der Waals surface area contributed by atoms with Gasteiger partial charge in [0.25, 0.3) is 0 Å². The van der Waals surface area contributed by atoms with Crippen molar-refractivity contribution in [3.05, 3.63) is 24.1 Å². The zero-order valence-electron chi connectivity index (χ0n) is 16.2. The van der Waals surface area contributed by atoms with Crippen LogP contribution in [0, 0.1) is 5.92 Å². The fourth-order valence-corrected chi connectivity index (χ4v) is 4.38. The summed E-state index contributed by atoms with van der Waals surface area (Å²) in [7, 11) is 0. The van der Waals surface area contributed by atoms with Gasteiger partial charge in [-0.15, -0.1) is 0 Å². The van der Waals surface area contributed by atoms with Crippen LogP contribution in [-0.2, 0) is 0 Å². The molecule has 1 unspecified atom stereocenters. The molecule has 28 heavy (non-hydrogen) atoms. The predicted octanol–water partition coefficient (Wildman–Crippen LogP) is 2.33. The third kappa shape index (κ3) is 3.70. The van der Waals surface area contributed by atoms with Crippen LogP contribution in [-0.4, -0.2) is 58.0 Å². The molecule has 2 aliphatic heterocycles. The molecule has 3 aliphatic rings. The van der Waals surface area contributed by atoms with Crippen LogP contribution >= 0.6 is 0 Å². The number of anilines is 2. The number of nitrogens with zero attached hydrogens (tertiary/aromatic N) is 6. The first-order valence-electron chi connectivity index (χ1n) is 10.6. The molecule has 8 nitrogen and oxygen atoms in total. The first kappa shape index (κ1) is 17.8. The summed E-state index contributed by atoms with van der Waals surface area (Å²) < 4.78 is 5.44. The molecule has 3 fully saturated rings. The number of rotatable bonds is 5. The molecule has 0 bridgehead atoms. The van der Waals surface area contributed by atoms with E-state index in [0.717, 1.165) is 75.2 Å². The molecule has 2 aromatic heterocycles. The SMILES string of the molecule is OCC1CCCN(c2cc(N3CCC(c4noc(C5CC5)n4)CC3)ncn2)C1. The fraction of sp³-hybridized carbons (Fsp3) is 0.700. The Morgan fingerprint density at radius 2 is 1.75 bits per heavy atom. The Morgan fingerprint density at radius 1 is 0.964 bits per heavy atom. The number of aliphatic hydroxyl groups is 1. The maximum absolute atomic E-state index is 9.48. The van der Waals surface area contributed by atoms with Crippen LogP contribution in [0.2, 0.25) is 0 Å². The topological polar surface area (TPSA) is 91.4 Å². The van der Waals surface area contributed by atoms with E-state index in [-0.39, 0.29) is 6.61 Å². The minimum absolute atomic E-state index is 0.250. The van der Waals surface area contributed by atoms with E-state index in [1.54, 1.807) is 6.33 Å². The smallest absolute Gasteiger partial charge is 0.229 e. The molecule has 0 amide bonds. The van der Waals surface area contributed by atoms with E-state index in [1.165, 1.54) is 12.8 Å². The maximum Gasteiger partial charge on any atom is 0.229 e. The van der Waals surface area contributed by atoms with Gasteiger partial charge in [0.1, 0.15) is 18.0 Å². The average molecular weight is 384 g/mol. The van der Waals surface area contributed by atoms with Crippen molar-refractivity contribution in [2.45, 2.75) is 50.4 Å². The molecule has 1 atom stereocenters. The van der Waals surface area contributed by atoms with E-state index in [1.807, 2.05) is 0 Å². The summed E-state index contributed by atoms with van der Waals surface area (Å²) in [5.74, 6) is 4.91. The highest BCUT2D eigenvalue weighted by atomic mass is 16.5. The highest BCUT2D eigenvalue weighted by molar-refractivity contribution is 5.50. The number of piperidine rings is 2. The predicted molar refractivity (Wildman–Crippen MR) is 105 cm³/mol. The van der Waals surface area contributed by atoms with Gasteiger partial charge in [-0.3, -0.25) is 0 Å². The summed E-state index contributed by atoms with van der Waals surface area (Å²) >= 11 is 0. The Morgan fingerprint density at radius 3 is 2.50 bits per heavy atom. The molecular weight excluding hydrogens is 356 g/mol. The Labute approximate surface area is 165 Å². The van der Waals surface area contributed by atoms with Gasteiger partial charge in [0, 0.05) is 50.7 Å². The molecule has 0 aromatic carbocycles. The van der Waals surface area contributed by atoms with E-state index in [9.17, 15) is 5.11 Å². The quantitative estimate of drug-likeness (QED) is 0.840. The van der Waals surface area contributed by atoms with Gasteiger partial charge in [-0.2, -0.15) is 4.98 Å². The molecule has 2 saturated heterocycles. The monoisotopic (exact) mass is 384 g/mol. The lowest BCUT2D eigenvalue weighted by Crippen LogP contribution is -2.38. The Balaban J connectivity index is 1.22. The summed E-state index contributed by atoms with van der Waals surface area (Å²) in [6, 6.07) is 2.10. The van der Waals surface area contributed by atoms with E-state index in [2.05, 4.69) is 36.0 Å². The molecule has 4 heterocycles. The molecule has 2 aromatic rings. The lowest BCUT2D eigenvalue weighted by atomic mass is 9.96. The van der Waals surface area contributed by atoms with Gasteiger partial charge in [0.2, 0.25) is 5.89 Å². The van der Waals surface area contributed by atoms with Gasteiger partial charge >= 0.3 is 0 Å². The number of aromatic nitrogens is 4. The zero-order valence-corrected chi connectivity index (χ0v) is 16.2. The van der Waals surface area contributed by atoms with Crippen molar-refractivity contribution in [1.82, 2.24) is 20.1 Å². The standard InChI is InChI=1S/C20H28N6O2/c27-12-14-2-1-7-26(11-14)18-10-17(21-13-22-18)25-8-5-15(6-9-25)19-23-20(28-24-19)16-3-4-16/h10,13-16,27H,1-9,11-12H2. The van der Waals surface area contributed by atoms with Crippen molar-refractivity contribution in [3.63, 3.8) is 0 Å². The van der Waals surface area contributed by atoms with Crippen LogP contribution in [0.5, 0.6) is 0 Å². The van der Waals surface area contributed by atoms with Crippen molar-refractivity contribution in [2.24, 2.45) is 5.92 Å². The highest BCUT2D eigenvalue weighted by Gasteiger charge is 2.32. The Kier molecular flexibility index (Phi) is 4.88. The summed E-state index contributed by atoms with van der Waals surface area (Å²) in [6.07, 6.45) is 8.26. The van der Waals surface area contributed by atoms with E-state index >= 15 is 0 Å². The Hall–Kier alpha value is -2.22. The third-order valence-corrected chi connectivity index (χ3v) is 6.31. The third-order valence-electron chi connectivity index (χ3n) is 6.31. The van der Waals surface area contributed by atoms with Gasteiger partial charge in [-0.1, -0.05) is 5.16 Å². The van der Waals surface area contributed by atoms with Crippen molar-refractivity contribution in [2.75, 3.05) is 42.6 Å². The molecule has 1 saturated carbocycles. The minimum atomic E-state index is 0.250. The average Bonchev–Trinajstić information content (AvgIpc) is 3.50. The van der Waals surface area contributed by atoms with Gasteiger partial charge < -0.3 is 19.4 Å². The molecular formula is C20H28N6O2. The fourth-order valence-electron chi connectivity index (χ4n) is 4.38. The first-order valence-corrected chi connectivity index (χ1v) is 10.6. The summed E-state index contributed by atoms with van der Waals surface area (Å²) in [4.78, 5) is 18.3. The van der Waals surface area contributed by atoms with Crippen LogP contribution in [0.15, 0.2) is 16.9 Å². The van der Waals surface area contributed by atoms with Crippen LogP contribution in [0.1, 0.15) is 62.1 Å². The van der Waals surface area contributed by atoms with Gasteiger partial charge in [0.15, 0.2) is 5.82 Å². The summed E-state index contributed by atoms with van der Waals surface area (Å²) in [5.41, 5.74) is 0. The van der Waals surface area contributed by atoms with Gasteiger partial charge in [0.05, 0.1) is 0 Å². The summed E-state index contributed by atoms with van der Waals surface area (Å²) in [5, 5.41) is 13.7. The normalized spacial score (nSPS) is 24.0. The molecule has 0 radical (unpaired) electrons. The lowest BCUT2D eigenvalue weighted by molar-refractivity contribution is 0.208. The second-order valence-electron chi connectivity index (χ2n) is 8.40. The molecule has 0 spiro atoms. The molecule has 150 valence electrons. The second kappa shape index (κ2) is 7.66. The molecule has 5 rings (SSSR count). The van der Waals surface area contributed by atoms with E-state index in [0.29, 0.717) is 17.8 Å². The summed E-state index contributed by atoms with van der Waals surface area (Å²) in [6.45, 7) is 3.99. The van der Waals surface area contributed by atoms with Crippen LogP contribution < -0.4 is 9.80 Å². The van der Waals surface area contributed by atoms with Crippen molar-refractivity contribution in [1.29, 1.82) is 0 Å². The number of hydrogen-bond acceptors (Lipinski definition) is 8. The number of aliphatic hydroxyl groups excluding tert-OH is 1. The van der Waals surface area contributed by atoms with Crippen molar-refractivity contribution in [3.8, 4) is 0 Å². The molecule has 8 heteroatoms. The first-order chi connectivity index (χ1) is 13.8. The minimum Gasteiger partial charge on any atom is -0.396 e. The maximum atomic E-state index is 9.48. The lowest BCUT2D eigenvalue weighted by Gasteiger charge is -2.34. The van der Waals surface area contributed by atoms with Crippen molar-refractivity contribution >= 4 is 11.6 Å². The van der Waals surface area contributed by atoms with Crippen LogP contribution in [0.25, 0.3) is 0 Å². The van der Waals surface area contributed by atoms with Crippen LogP contribution in [0.3, 0.4) is 0 Å². The molecule has 1 aliphatic carbocycles. The van der Waals surface area contributed by atoms with E-state index < -0.39 is 0 Å². The largest absolute Gasteiger partial charge is 0.396 e. The molecule has 1 N–H and O–H groups in total. The number of hydrogen-bond donors (Lipinski definition) is 1.